The summed E-state index contributed by atoms with van der Waals surface area (Å²) in [7, 11) is 3.29. The number of nitrogens with zero attached hydrogens (tertiary/aromatic N) is 3. The molecule has 4 aliphatic heterocycles. The molecule has 0 aromatic heterocycles. The molecule has 0 aliphatic carbocycles. The van der Waals surface area contributed by atoms with E-state index < -0.39 is 48.3 Å². The fraction of sp³-hybridized carbons (Fsp3) is 0.708. The zero-order valence-corrected chi connectivity index (χ0v) is 23.0. The van der Waals surface area contributed by atoms with Gasteiger partial charge in [-0.25, -0.2) is 9.59 Å². The molecule has 39 heavy (non-hydrogen) atoms. The zero-order valence-electron chi connectivity index (χ0n) is 22.1. The van der Waals surface area contributed by atoms with Crippen LogP contribution in [0.3, 0.4) is 0 Å². The molecule has 216 valence electrons. The van der Waals surface area contributed by atoms with Crippen LogP contribution in [0.25, 0.3) is 0 Å². The molecule has 0 aromatic rings. The van der Waals surface area contributed by atoms with Crippen molar-refractivity contribution in [1.82, 2.24) is 30.7 Å². The number of hydrogen-bond acceptors (Lipinski definition) is 7. The molecule has 0 radical (unpaired) electrons. The Morgan fingerprint density at radius 1 is 1.23 bits per heavy atom. The van der Waals surface area contributed by atoms with E-state index in [0.717, 1.165) is 0 Å². The van der Waals surface area contributed by atoms with Crippen molar-refractivity contribution in [1.29, 1.82) is 0 Å². The fourth-order valence-corrected chi connectivity index (χ4v) is 7.32. The normalized spacial score (nSPS) is 30.8. The Balaban J connectivity index is 1.38. The number of halogens is 2. The van der Waals surface area contributed by atoms with Crippen LogP contribution in [0, 0.1) is 11.8 Å². The molecule has 0 aromatic carbocycles. The minimum Gasteiger partial charge on any atom is -0.477 e. The summed E-state index contributed by atoms with van der Waals surface area (Å²) >= 11 is 1.32. The standard InChI is InChI=1S/C24H34F2N6O6S/c1-10-16-15(11(2)28-20(33)19(25)26)22(35)32(16)17(23(36)37)18(10)39-13-7-14(27-8-13)21(34)31-6-5-12(9-31)29-24(38)30(3)4/h10-16,19,27H,5-9H2,1-4H3,(H,28,33)(H,29,38)(H,36,37)/t10-,11-,12+,13+,14+,15-,16-/m1/s1. The summed E-state index contributed by atoms with van der Waals surface area (Å²) in [6.07, 6.45) is -2.10. The lowest BCUT2D eigenvalue weighted by Gasteiger charge is -2.47. The molecule has 0 saturated carbocycles. The molecule has 5 amide bonds. The summed E-state index contributed by atoms with van der Waals surface area (Å²) in [5.74, 6) is -4.54. The Labute approximate surface area is 228 Å². The molecule has 15 heteroatoms. The van der Waals surface area contributed by atoms with E-state index in [1.54, 1.807) is 25.9 Å². The number of thioether (sulfide) groups is 1. The maximum atomic E-state index is 13.1. The number of carboxylic acid groups (broad SMARTS) is 1. The Morgan fingerprint density at radius 2 is 1.92 bits per heavy atom. The highest BCUT2D eigenvalue weighted by atomic mass is 32.2. The molecular weight excluding hydrogens is 538 g/mol. The molecule has 0 unspecified atom stereocenters. The third kappa shape index (κ3) is 5.55. The molecule has 3 saturated heterocycles. The number of nitrogens with one attached hydrogen (secondary N) is 3. The summed E-state index contributed by atoms with van der Waals surface area (Å²) in [5, 5.41) is 18.1. The Morgan fingerprint density at radius 3 is 2.54 bits per heavy atom. The van der Waals surface area contributed by atoms with Gasteiger partial charge >= 0.3 is 18.4 Å². The summed E-state index contributed by atoms with van der Waals surface area (Å²) in [5.41, 5.74) is -0.125. The number of aliphatic carboxylic acids is 1. The first-order valence-electron chi connectivity index (χ1n) is 12.9. The first kappa shape index (κ1) is 29.1. The smallest absolute Gasteiger partial charge is 0.353 e. The lowest BCUT2D eigenvalue weighted by atomic mass is 9.78. The largest absolute Gasteiger partial charge is 0.477 e. The third-order valence-corrected chi connectivity index (χ3v) is 9.33. The number of hydrogen-bond donors (Lipinski definition) is 4. The van der Waals surface area contributed by atoms with E-state index in [0.29, 0.717) is 37.4 Å². The number of carboxylic acids is 1. The minimum absolute atomic E-state index is 0.0748. The quantitative estimate of drug-likeness (QED) is 0.294. The van der Waals surface area contributed by atoms with Gasteiger partial charge in [-0.1, -0.05) is 6.92 Å². The number of likely N-dealkylation sites (tertiary alicyclic amines) is 1. The van der Waals surface area contributed by atoms with Gasteiger partial charge < -0.3 is 35.8 Å². The highest BCUT2D eigenvalue weighted by molar-refractivity contribution is 8.03. The first-order chi connectivity index (χ1) is 18.3. The fourth-order valence-electron chi connectivity index (χ4n) is 5.84. The van der Waals surface area contributed by atoms with Crippen LogP contribution in [0.1, 0.15) is 26.7 Å². The van der Waals surface area contributed by atoms with Gasteiger partial charge in [-0.3, -0.25) is 14.4 Å². The van der Waals surface area contributed by atoms with Gasteiger partial charge in [0.05, 0.1) is 18.0 Å². The monoisotopic (exact) mass is 572 g/mol. The predicted molar refractivity (Wildman–Crippen MR) is 137 cm³/mol. The molecule has 0 bridgehead atoms. The Bertz CT molecular complexity index is 1090. The van der Waals surface area contributed by atoms with E-state index in [2.05, 4.69) is 16.0 Å². The van der Waals surface area contributed by atoms with Gasteiger partial charge in [-0.2, -0.15) is 8.78 Å². The van der Waals surface area contributed by atoms with Gasteiger partial charge in [-0.15, -0.1) is 11.8 Å². The van der Waals surface area contributed by atoms with Gasteiger partial charge in [-0.05, 0) is 19.8 Å². The van der Waals surface area contributed by atoms with E-state index in [4.69, 9.17) is 0 Å². The van der Waals surface area contributed by atoms with Gasteiger partial charge in [0.25, 0.3) is 5.91 Å². The highest BCUT2D eigenvalue weighted by Crippen LogP contribution is 2.51. The van der Waals surface area contributed by atoms with Crippen molar-refractivity contribution in [3.8, 4) is 0 Å². The maximum Gasteiger partial charge on any atom is 0.353 e. The molecule has 4 heterocycles. The summed E-state index contributed by atoms with van der Waals surface area (Å²) in [6, 6.07) is -2.24. The lowest BCUT2D eigenvalue weighted by Crippen LogP contribution is -2.66. The number of rotatable bonds is 8. The second-order valence-electron chi connectivity index (χ2n) is 10.7. The van der Waals surface area contributed by atoms with E-state index in [1.165, 1.54) is 28.5 Å². The van der Waals surface area contributed by atoms with Gasteiger partial charge in [0.2, 0.25) is 11.8 Å². The minimum atomic E-state index is -3.22. The number of urea groups is 1. The average Bonchev–Trinajstić information content (AvgIpc) is 3.57. The Kier molecular flexibility index (Phi) is 8.40. The highest BCUT2D eigenvalue weighted by Gasteiger charge is 2.60. The van der Waals surface area contributed by atoms with Crippen LogP contribution in [0.2, 0.25) is 0 Å². The summed E-state index contributed by atoms with van der Waals surface area (Å²) < 4.78 is 25.4. The van der Waals surface area contributed by atoms with Crippen molar-refractivity contribution in [2.75, 3.05) is 33.7 Å². The summed E-state index contributed by atoms with van der Waals surface area (Å²) in [4.78, 5) is 66.4. The van der Waals surface area contributed by atoms with Crippen LogP contribution in [0.15, 0.2) is 10.6 Å². The third-order valence-electron chi connectivity index (χ3n) is 7.81. The van der Waals surface area contributed by atoms with Crippen LogP contribution < -0.4 is 16.0 Å². The van der Waals surface area contributed by atoms with E-state index in [1.807, 2.05) is 0 Å². The van der Waals surface area contributed by atoms with Crippen LogP contribution >= 0.6 is 11.8 Å². The number of carbonyl (C=O) groups is 5. The van der Waals surface area contributed by atoms with Crippen molar-refractivity contribution in [3.63, 3.8) is 0 Å². The zero-order chi connectivity index (χ0) is 28.8. The first-order valence-corrected chi connectivity index (χ1v) is 13.7. The van der Waals surface area contributed by atoms with E-state index in [9.17, 15) is 37.9 Å². The number of alkyl halides is 2. The van der Waals surface area contributed by atoms with Crippen LogP contribution in [-0.4, -0.2) is 119 Å². The lowest BCUT2D eigenvalue weighted by molar-refractivity contribution is -0.159. The molecule has 4 aliphatic rings. The van der Waals surface area contributed by atoms with Crippen LogP contribution in [0.5, 0.6) is 0 Å². The molecule has 0 spiro atoms. The topological polar surface area (TPSA) is 151 Å². The number of fused-ring (bicyclic) bond motifs is 1. The van der Waals surface area contributed by atoms with E-state index in [-0.39, 0.29) is 34.8 Å². The van der Waals surface area contributed by atoms with Crippen molar-refractivity contribution in [3.05, 3.63) is 10.6 Å². The average molecular weight is 573 g/mol. The van der Waals surface area contributed by atoms with Crippen molar-refractivity contribution < 1.29 is 37.9 Å². The van der Waals surface area contributed by atoms with Gasteiger partial charge in [0.15, 0.2) is 0 Å². The van der Waals surface area contributed by atoms with Gasteiger partial charge in [0, 0.05) is 61.9 Å². The second kappa shape index (κ2) is 11.3. The molecular formula is C24H34F2N6O6S. The maximum absolute atomic E-state index is 13.1. The molecule has 4 rings (SSSR count). The second-order valence-corrected chi connectivity index (χ2v) is 12.0. The van der Waals surface area contributed by atoms with Crippen molar-refractivity contribution in [2.24, 2.45) is 11.8 Å². The number of β-lactam (4-membered cyclic amide) rings is 1. The predicted octanol–water partition coefficient (Wildman–Crippen LogP) is -0.135. The molecule has 3 fully saturated rings. The van der Waals surface area contributed by atoms with Crippen LogP contribution in [0.4, 0.5) is 13.6 Å². The van der Waals surface area contributed by atoms with Gasteiger partial charge in [0.1, 0.15) is 5.70 Å². The molecule has 4 N–H and O–H groups in total. The van der Waals surface area contributed by atoms with Crippen molar-refractivity contribution >= 4 is 41.5 Å². The number of amides is 5. The number of carbonyl (C=O) groups excluding carboxylic acids is 4. The molecule has 12 nitrogen and oxygen atoms in total. The molecule has 7 atom stereocenters. The summed E-state index contributed by atoms with van der Waals surface area (Å²) in [6.45, 7) is 4.65. The SMILES string of the molecule is C[C@@H](NC(=O)C(F)F)[C@H]1C(=O)N2C(C(=O)O)=C(S[C@@H]3CN[C@H](C(=O)N4CC[C@H](NC(=O)N(C)C)C4)C3)[C@H](C)[C@H]12. The van der Waals surface area contributed by atoms with Crippen LogP contribution in [-0.2, 0) is 19.2 Å². The Hall–Kier alpha value is -2.94. The van der Waals surface area contributed by atoms with E-state index >= 15 is 0 Å². The van der Waals surface area contributed by atoms with Crippen molar-refractivity contribution in [2.45, 2.75) is 62.5 Å².